The van der Waals surface area contributed by atoms with Crippen molar-refractivity contribution in [1.29, 1.82) is 0 Å². The summed E-state index contributed by atoms with van der Waals surface area (Å²) < 4.78 is 13.1. The van der Waals surface area contributed by atoms with Gasteiger partial charge in [0, 0.05) is 49.6 Å². The first-order valence-electron chi connectivity index (χ1n) is 21.3. The molecule has 1 aliphatic rings. The van der Waals surface area contributed by atoms with Gasteiger partial charge >= 0.3 is 5.97 Å². The number of halogens is 1. The van der Waals surface area contributed by atoms with Gasteiger partial charge in [0.25, 0.3) is 5.91 Å². The number of likely N-dealkylation sites (tertiary alicyclic amines) is 1. The first-order valence-corrected chi connectivity index (χ1v) is 22.7. The molecule has 2 heterocycles. The number of amides is 10. The summed E-state index contributed by atoms with van der Waals surface area (Å²) in [5.41, 5.74) is 5.98. The first kappa shape index (κ1) is 55.2. The second-order valence-electron chi connectivity index (χ2n) is 15.4. The molecule has 27 heteroatoms. The van der Waals surface area contributed by atoms with Gasteiger partial charge in [0.1, 0.15) is 42.1 Å². The number of unbranched alkanes of at least 4 members (excludes halogenated alkanes) is 1. The lowest BCUT2D eigenvalue weighted by Crippen LogP contribution is -2.60. The first-order chi connectivity index (χ1) is 32.3. The molecule has 1 aromatic heterocycles. The number of nitrogens with zero attached hydrogens (tertiary/aromatic N) is 2. The Morgan fingerprint density at radius 2 is 1.47 bits per heavy atom. The monoisotopic (exact) mass is 976 g/mol. The van der Waals surface area contributed by atoms with Crippen LogP contribution in [0.1, 0.15) is 61.5 Å². The molecule has 13 N–H and O–H groups in total. The molecule has 0 unspecified atom stereocenters. The largest absolute Gasteiger partial charge is 0.480 e. The summed E-state index contributed by atoms with van der Waals surface area (Å²) in [6, 6.07) is -3.38. The highest BCUT2D eigenvalue weighted by Gasteiger charge is 2.36. The molecular formula is C41H57FN12O13S. The van der Waals surface area contributed by atoms with E-state index in [1.165, 1.54) is 36.5 Å². The summed E-state index contributed by atoms with van der Waals surface area (Å²) in [6.45, 7) is -0.584. The van der Waals surface area contributed by atoms with E-state index in [-0.39, 0.29) is 43.0 Å². The number of hydrogen-bond acceptors (Lipinski definition) is 14. The van der Waals surface area contributed by atoms with Gasteiger partial charge in [0.15, 0.2) is 0 Å². The number of thioether (sulfide) groups is 1. The van der Waals surface area contributed by atoms with E-state index in [2.05, 4.69) is 52.5 Å². The van der Waals surface area contributed by atoms with Crippen molar-refractivity contribution in [2.24, 2.45) is 5.73 Å². The van der Waals surface area contributed by atoms with Crippen LogP contribution in [0, 0.1) is 5.82 Å². The minimum Gasteiger partial charge on any atom is -0.480 e. The topological polar surface area (TPSA) is 382 Å². The van der Waals surface area contributed by atoms with Crippen molar-refractivity contribution in [3.05, 3.63) is 53.9 Å². The molecule has 10 amide bonds. The normalized spacial score (nSPS) is 15.2. The number of carbonyl (C=O) groups excluding carboxylic acids is 10. The smallest absolute Gasteiger partial charge is 0.326 e. The van der Waals surface area contributed by atoms with E-state index in [4.69, 9.17) is 5.73 Å². The summed E-state index contributed by atoms with van der Waals surface area (Å²) in [6.07, 6.45) is 4.97. The molecule has 68 heavy (non-hydrogen) atoms. The van der Waals surface area contributed by atoms with Gasteiger partial charge in [-0.2, -0.15) is 11.8 Å². The summed E-state index contributed by atoms with van der Waals surface area (Å²) in [5, 5.41) is 38.6. The zero-order valence-electron chi connectivity index (χ0n) is 37.3. The van der Waals surface area contributed by atoms with Crippen LogP contribution in [-0.4, -0.2) is 171 Å². The fourth-order valence-corrected chi connectivity index (χ4v) is 7.26. The predicted octanol–water partition coefficient (Wildman–Crippen LogP) is -4.33. The number of aliphatic carboxylic acids is 1. The van der Waals surface area contributed by atoms with Crippen molar-refractivity contribution in [1.82, 2.24) is 57.4 Å². The number of benzene rings is 1. The van der Waals surface area contributed by atoms with Gasteiger partial charge in [0.2, 0.25) is 53.2 Å². The highest BCUT2D eigenvalue weighted by atomic mass is 32.2. The van der Waals surface area contributed by atoms with Crippen LogP contribution in [0.4, 0.5) is 4.39 Å². The lowest BCUT2D eigenvalue weighted by molar-refractivity contribution is -0.142. The number of nitrogens with one attached hydrogen (secondary N) is 9. The van der Waals surface area contributed by atoms with Gasteiger partial charge in [-0.05, 0) is 62.6 Å². The predicted molar refractivity (Wildman–Crippen MR) is 238 cm³/mol. The van der Waals surface area contributed by atoms with Crippen LogP contribution in [-0.2, 0) is 54.4 Å². The SMILES string of the molecule is CSC[C@H](NC(=O)[C@H](CO)NC(=O)[C@H](Cc1cnc[nH]1)NC(=O)[C@@H]1CCCN1C(C)=O)C(=O)N[C@@H](CC(N)=O)C(=O)NCC(=O)NCC(=O)N[C@@H](CCCCNC(=O)c1ccc(F)cc1)C(=O)O. The average Bonchev–Trinajstić information content (AvgIpc) is 4.01. The molecule has 372 valence electrons. The van der Waals surface area contributed by atoms with E-state index in [1.54, 1.807) is 6.26 Å². The van der Waals surface area contributed by atoms with E-state index in [9.17, 15) is 67.3 Å². The van der Waals surface area contributed by atoms with Crippen molar-refractivity contribution in [3.8, 4) is 0 Å². The highest BCUT2D eigenvalue weighted by molar-refractivity contribution is 7.98. The quantitative estimate of drug-likeness (QED) is 0.0359. The molecule has 0 spiro atoms. The van der Waals surface area contributed by atoms with Gasteiger partial charge in [-0.15, -0.1) is 0 Å². The maximum absolute atomic E-state index is 13.5. The molecule has 3 rings (SSSR count). The average molecular weight is 977 g/mol. The molecule has 2 aromatic rings. The third kappa shape index (κ3) is 18.6. The Morgan fingerprint density at radius 1 is 0.824 bits per heavy atom. The number of nitrogens with two attached hydrogens (primary N) is 1. The molecular weight excluding hydrogens is 920 g/mol. The molecule has 1 fully saturated rings. The number of aliphatic hydroxyl groups is 1. The molecule has 0 radical (unpaired) electrons. The van der Waals surface area contributed by atoms with E-state index in [1.807, 2.05) is 0 Å². The Balaban J connectivity index is 1.51. The Morgan fingerprint density at radius 3 is 2.09 bits per heavy atom. The number of aliphatic hydroxyl groups excluding tert-OH is 1. The zero-order valence-corrected chi connectivity index (χ0v) is 38.1. The van der Waals surface area contributed by atoms with Crippen LogP contribution in [0.5, 0.6) is 0 Å². The Bertz CT molecular complexity index is 2110. The number of aromatic nitrogens is 2. The van der Waals surface area contributed by atoms with E-state index < -0.39 is 127 Å². The standard InChI is InChI=1S/C41H57FN12O13S/c1-22(56)54-13-5-7-31(54)40(65)51-27(14-25-16-44-21-48-25)37(62)52-29(19-55)38(63)53-30(20-68-2)39(64)50-28(15-32(43)57)36(61)47-17-33(58)46-18-34(59)49-26(41(66)67)6-3-4-12-45-35(60)23-8-10-24(42)11-9-23/h8-11,16,21,26-31,55H,3-7,12-15,17-20H2,1-2H3,(H2,43,57)(H,44,48)(H,45,60)(H,46,58)(H,47,61)(H,49,59)(H,50,64)(H,51,65)(H,52,62)(H,53,63)(H,66,67)/t26-,27-,28-,29-,30-,31-/m0/s1. The molecule has 0 aliphatic carbocycles. The van der Waals surface area contributed by atoms with Crippen LogP contribution in [0.25, 0.3) is 0 Å². The van der Waals surface area contributed by atoms with E-state index >= 15 is 0 Å². The van der Waals surface area contributed by atoms with Crippen molar-refractivity contribution in [2.45, 2.75) is 88.1 Å². The minimum absolute atomic E-state index is 0.0244. The summed E-state index contributed by atoms with van der Waals surface area (Å²) >= 11 is 1.08. The number of primary amides is 1. The van der Waals surface area contributed by atoms with Crippen molar-refractivity contribution in [3.63, 3.8) is 0 Å². The Kier molecular flexibility index (Phi) is 22.8. The van der Waals surface area contributed by atoms with Crippen LogP contribution in [0.15, 0.2) is 36.8 Å². The van der Waals surface area contributed by atoms with Gasteiger partial charge in [0.05, 0.1) is 32.4 Å². The molecule has 6 atom stereocenters. The molecule has 0 saturated carbocycles. The fourth-order valence-electron chi connectivity index (χ4n) is 6.69. The summed E-state index contributed by atoms with van der Waals surface area (Å²) in [5.74, 6) is -10.2. The number of aromatic amines is 1. The number of imidazole rings is 1. The summed E-state index contributed by atoms with van der Waals surface area (Å²) in [4.78, 5) is 148. The third-order valence-electron chi connectivity index (χ3n) is 10.2. The highest BCUT2D eigenvalue weighted by Crippen LogP contribution is 2.18. The van der Waals surface area contributed by atoms with Gasteiger partial charge in [-0.1, -0.05) is 0 Å². The van der Waals surface area contributed by atoms with Crippen LogP contribution < -0.4 is 48.3 Å². The van der Waals surface area contributed by atoms with Crippen LogP contribution >= 0.6 is 11.8 Å². The van der Waals surface area contributed by atoms with Crippen LogP contribution in [0.2, 0.25) is 0 Å². The molecule has 1 aliphatic heterocycles. The lowest BCUT2D eigenvalue weighted by Gasteiger charge is -2.27. The van der Waals surface area contributed by atoms with Crippen molar-refractivity contribution < 1.29 is 67.3 Å². The number of carbonyl (C=O) groups is 11. The Labute approximate surface area is 393 Å². The number of H-pyrrole nitrogens is 1. The minimum atomic E-state index is -1.68. The number of carboxylic acid groups (broad SMARTS) is 1. The lowest BCUT2D eigenvalue weighted by atomic mass is 10.1. The van der Waals surface area contributed by atoms with Gasteiger partial charge < -0.3 is 68.4 Å². The molecule has 0 bridgehead atoms. The fraction of sp³-hybridized carbons (Fsp3) is 0.512. The summed E-state index contributed by atoms with van der Waals surface area (Å²) in [7, 11) is 0. The van der Waals surface area contributed by atoms with Crippen molar-refractivity contribution >= 4 is 76.8 Å². The zero-order chi connectivity index (χ0) is 50.3. The van der Waals surface area contributed by atoms with Gasteiger partial charge in [-0.25, -0.2) is 14.2 Å². The molecule has 25 nitrogen and oxygen atoms in total. The Hall–Kier alpha value is -7.16. The number of carboxylic acids is 1. The van der Waals surface area contributed by atoms with E-state index in [0.29, 0.717) is 31.5 Å². The maximum atomic E-state index is 13.5. The molecule has 1 aromatic carbocycles. The van der Waals surface area contributed by atoms with Gasteiger partial charge in [-0.3, -0.25) is 47.9 Å². The van der Waals surface area contributed by atoms with Crippen molar-refractivity contribution in [2.75, 3.05) is 44.8 Å². The third-order valence-corrected chi connectivity index (χ3v) is 10.9. The van der Waals surface area contributed by atoms with E-state index in [0.717, 1.165) is 23.9 Å². The molecule has 1 saturated heterocycles. The maximum Gasteiger partial charge on any atom is 0.326 e. The van der Waals surface area contributed by atoms with Crippen LogP contribution in [0.3, 0.4) is 0 Å². The number of rotatable bonds is 28. The number of hydrogen-bond donors (Lipinski definition) is 12. The second-order valence-corrected chi connectivity index (χ2v) is 16.3. The second kappa shape index (κ2) is 28.1.